The number of aromatic nitrogens is 2. The van der Waals surface area contributed by atoms with Crippen LogP contribution in [0.4, 0.5) is 10.1 Å². The molecule has 5 nitrogen and oxygen atoms in total. The van der Waals surface area contributed by atoms with Crippen molar-refractivity contribution in [3.63, 3.8) is 0 Å². The summed E-state index contributed by atoms with van der Waals surface area (Å²) in [5.41, 5.74) is 1.01. The second-order valence-electron chi connectivity index (χ2n) is 5.72. The molecule has 7 heteroatoms. The molecule has 1 amide bonds. The monoisotopic (exact) mass is 371 g/mol. The Morgan fingerprint density at radius 1 is 1.23 bits per heavy atom. The Balaban J connectivity index is 1.84. The van der Waals surface area contributed by atoms with Crippen LogP contribution in [0, 0.1) is 5.82 Å². The highest BCUT2D eigenvalue weighted by atomic mass is 32.2. The second-order valence-corrected chi connectivity index (χ2v) is 7.03. The Kier molecular flexibility index (Phi) is 5.37. The smallest absolute Gasteiger partial charge is 0.262 e. The van der Waals surface area contributed by atoms with Crippen LogP contribution in [0.15, 0.2) is 58.5 Å². The van der Waals surface area contributed by atoms with E-state index in [1.54, 1.807) is 29.7 Å². The molecular formula is C19H18FN3O2S. The van der Waals surface area contributed by atoms with Crippen LogP contribution >= 0.6 is 11.8 Å². The molecule has 1 N–H and O–H groups in total. The van der Waals surface area contributed by atoms with E-state index in [1.807, 2.05) is 13.0 Å². The van der Waals surface area contributed by atoms with E-state index in [0.29, 0.717) is 28.3 Å². The zero-order valence-corrected chi connectivity index (χ0v) is 15.2. The molecule has 3 aromatic rings. The molecule has 1 aromatic heterocycles. The van der Waals surface area contributed by atoms with Gasteiger partial charge in [-0.3, -0.25) is 14.2 Å². The first-order valence-corrected chi connectivity index (χ1v) is 9.10. The Labute approximate surface area is 154 Å². The van der Waals surface area contributed by atoms with Crippen LogP contribution in [0.1, 0.15) is 13.8 Å². The fourth-order valence-electron chi connectivity index (χ4n) is 2.51. The van der Waals surface area contributed by atoms with Gasteiger partial charge >= 0.3 is 0 Å². The van der Waals surface area contributed by atoms with Crippen LogP contribution in [0.3, 0.4) is 0 Å². The maximum atomic E-state index is 13.0. The summed E-state index contributed by atoms with van der Waals surface area (Å²) in [5.74, 6) is -0.607. The molecule has 0 saturated carbocycles. The number of nitrogens with one attached hydrogen (secondary N) is 1. The summed E-state index contributed by atoms with van der Waals surface area (Å²) in [6.45, 7) is 4.07. The Morgan fingerprint density at radius 3 is 2.62 bits per heavy atom. The van der Waals surface area contributed by atoms with E-state index in [2.05, 4.69) is 10.3 Å². The molecular weight excluding hydrogens is 353 g/mol. The van der Waals surface area contributed by atoms with Crippen molar-refractivity contribution in [2.45, 2.75) is 30.8 Å². The third-order valence-electron chi connectivity index (χ3n) is 3.91. The Hall–Kier alpha value is -2.67. The van der Waals surface area contributed by atoms with Gasteiger partial charge in [0.15, 0.2) is 5.16 Å². The van der Waals surface area contributed by atoms with Gasteiger partial charge in [-0.1, -0.05) is 23.9 Å². The summed E-state index contributed by atoms with van der Waals surface area (Å²) in [6.07, 6.45) is 0. The molecule has 2 aromatic carbocycles. The third-order valence-corrected chi connectivity index (χ3v) is 5.00. The average molecular weight is 371 g/mol. The molecule has 0 aliphatic rings. The topological polar surface area (TPSA) is 64.0 Å². The highest BCUT2D eigenvalue weighted by Crippen LogP contribution is 2.23. The number of fused-ring (bicyclic) bond motifs is 1. The van der Waals surface area contributed by atoms with Crippen LogP contribution in [0.5, 0.6) is 0 Å². The van der Waals surface area contributed by atoms with Gasteiger partial charge in [-0.2, -0.15) is 0 Å². The Morgan fingerprint density at radius 2 is 1.92 bits per heavy atom. The molecule has 0 aliphatic carbocycles. The maximum Gasteiger partial charge on any atom is 0.262 e. The lowest BCUT2D eigenvalue weighted by atomic mass is 10.2. The summed E-state index contributed by atoms with van der Waals surface area (Å²) in [6, 6.07) is 12.7. The first-order valence-electron chi connectivity index (χ1n) is 8.22. The lowest BCUT2D eigenvalue weighted by Gasteiger charge is -2.15. The highest BCUT2D eigenvalue weighted by Gasteiger charge is 2.19. The van der Waals surface area contributed by atoms with E-state index >= 15 is 0 Å². The van der Waals surface area contributed by atoms with Crippen LogP contribution in [0.2, 0.25) is 0 Å². The zero-order chi connectivity index (χ0) is 18.7. The first kappa shape index (κ1) is 18.1. The number of hydrogen-bond donors (Lipinski definition) is 1. The van der Waals surface area contributed by atoms with Crippen molar-refractivity contribution in [1.82, 2.24) is 9.55 Å². The molecule has 3 rings (SSSR count). The minimum absolute atomic E-state index is 0.119. The number of carbonyl (C=O) groups is 1. The fourth-order valence-corrected chi connectivity index (χ4v) is 3.48. The van der Waals surface area contributed by atoms with Crippen molar-refractivity contribution < 1.29 is 9.18 Å². The number of carbonyl (C=O) groups excluding carboxylic acids is 1. The van der Waals surface area contributed by atoms with Gasteiger partial charge in [0.1, 0.15) is 5.82 Å². The van der Waals surface area contributed by atoms with Crippen LogP contribution in [-0.2, 0) is 11.3 Å². The number of halogens is 1. The van der Waals surface area contributed by atoms with Gasteiger partial charge < -0.3 is 5.32 Å². The number of rotatable bonds is 5. The number of para-hydroxylation sites is 1. The standard InChI is InChI=1S/C19H18FN3O2S/c1-3-23-18(25)15-6-4-5-7-16(15)22-19(23)26-12(2)17(24)21-14-10-8-13(20)9-11-14/h4-12H,3H2,1-2H3,(H,21,24)/t12-/m0/s1. The largest absolute Gasteiger partial charge is 0.325 e. The lowest BCUT2D eigenvalue weighted by molar-refractivity contribution is -0.115. The number of anilines is 1. The van der Waals surface area contributed by atoms with Crippen molar-refractivity contribution in [2.24, 2.45) is 0 Å². The first-order chi connectivity index (χ1) is 12.5. The molecule has 1 atom stereocenters. The summed E-state index contributed by atoms with van der Waals surface area (Å²) < 4.78 is 14.5. The summed E-state index contributed by atoms with van der Waals surface area (Å²) in [7, 11) is 0. The van der Waals surface area contributed by atoms with Crippen molar-refractivity contribution in [3.05, 3.63) is 64.7 Å². The zero-order valence-electron chi connectivity index (χ0n) is 14.4. The summed E-state index contributed by atoms with van der Waals surface area (Å²) in [5, 5.41) is 3.31. The number of hydrogen-bond acceptors (Lipinski definition) is 4. The number of amides is 1. The lowest BCUT2D eigenvalue weighted by Crippen LogP contribution is -2.26. The number of nitrogens with zero attached hydrogens (tertiary/aromatic N) is 2. The van der Waals surface area contributed by atoms with Crippen LogP contribution < -0.4 is 10.9 Å². The molecule has 0 unspecified atom stereocenters. The predicted octanol–water partition coefficient (Wildman–Crippen LogP) is 3.67. The number of benzene rings is 2. The molecule has 0 aliphatic heterocycles. The van der Waals surface area contributed by atoms with Gasteiger partial charge in [-0.05, 0) is 50.2 Å². The quantitative estimate of drug-likeness (QED) is 0.549. The third kappa shape index (κ3) is 3.77. The molecule has 0 fully saturated rings. The van der Waals surface area contributed by atoms with Crippen molar-refractivity contribution in [3.8, 4) is 0 Å². The molecule has 0 bridgehead atoms. The summed E-state index contributed by atoms with van der Waals surface area (Å²) >= 11 is 1.22. The van der Waals surface area contributed by atoms with Gasteiger partial charge in [-0.25, -0.2) is 9.37 Å². The highest BCUT2D eigenvalue weighted by molar-refractivity contribution is 8.00. The molecule has 26 heavy (non-hydrogen) atoms. The van der Waals surface area contributed by atoms with E-state index in [1.165, 1.54) is 36.0 Å². The van der Waals surface area contributed by atoms with Crippen molar-refractivity contribution in [1.29, 1.82) is 0 Å². The molecule has 1 heterocycles. The van der Waals surface area contributed by atoms with E-state index in [4.69, 9.17) is 0 Å². The molecule has 0 spiro atoms. The van der Waals surface area contributed by atoms with E-state index in [-0.39, 0.29) is 17.3 Å². The maximum absolute atomic E-state index is 13.0. The van der Waals surface area contributed by atoms with Crippen molar-refractivity contribution in [2.75, 3.05) is 5.32 Å². The van der Waals surface area contributed by atoms with Gasteiger partial charge in [-0.15, -0.1) is 0 Å². The fraction of sp³-hybridized carbons (Fsp3) is 0.211. The molecule has 134 valence electrons. The van der Waals surface area contributed by atoms with Crippen LogP contribution in [-0.4, -0.2) is 20.7 Å². The van der Waals surface area contributed by atoms with Gasteiger partial charge in [0, 0.05) is 12.2 Å². The van der Waals surface area contributed by atoms with Gasteiger partial charge in [0.05, 0.1) is 16.2 Å². The molecule has 0 saturated heterocycles. The number of thioether (sulfide) groups is 1. The van der Waals surface area contributed by atoms with E-state index < -0.39 is 5.25 Å². The van der Waals surface area contributed by atoms with E-state index in [0.717, 1.165) is 0 Å². The minimum atomic E-state index is -0.481. The van der Waals surface area contributed by atoms with E-state index in [9.17, 15) is 14.0 Å². The Bertz CT molecular complexity index is 1000. The minimum Gasteiger partial charge on any atom is -0.325 e. The summed E-state index contributed by atoms with van der Waals surface area (Å²) in [4.78, 5) is 29.6. The second kappa shape index (κ2) is 7.70. The predicted molar refractivity (Wildman–Crippen MR) is 102 cm³/mol. The average Bonchev–Trinajstić information content (AvgIpc) is 2.64. The van der Waals surface area contributed by atoms with Gasteiger partial charge in [0.2, 0.25) is 5.91 Å². The molecule has 0 radical (unpaired) electrons. The van der Waals surface area contributed by atoms with Crippen molar-refractivity contribution >= 4 is 34.3 Å². The SMILES string of the molecule is CCn1c(S[C@@H](C)C(=O)Nc2ccc(F)cc2)nc2ccccc2c1=O. The van der Waals surface area contributed by atoms with Gasteiger partial charge in [0.25, 0.3) is 5.56 Å². The normalized spacial score (nSPS) is 12.1. The van der Waals surface area contributed by atoms with Crippen LogP contribution in [0.25, 0.3) is 10.9 Å².